The van der Waals surface area contributed by atoms with Gasteiger partial charge in [0.2, 0.25) is 0 Å². The fourth-order valence-electron chi connectivity index (χ4n) is 2.78. The van der Waals surface area contributed by atoms with Crippen LogP contribution in [0, 0.1) is 13.8 Å². The van der Waals surface area contributed by atoms with Crippen molar-refractivity contribution in [1.82, 2.24) is 0 Å². The zero-order valence-electron chi connectivity index (χ0n) is 15.0. The molecule has 0 amide bonds. The third-order valence-electron chi connectivity index (χ3n) is 3.88. The molecule has 25 heavy (non-hydrogen) atoms. The van der Waals surface area contributed by atoms with E-state index in [9.17, 15) is 9.90 Å². The number of carboxylic acid groups (broad SMARTS) is 1. The summed E-state index contributed by atoms with van der Waals surface area (Å²) in [6.07, 6.45) is 4.76. The van der Waals surface area contributed by atoms with E-state index in [1.807, 2.05) is 63.3 Å². The summed E-state index contributed by atoms with van der Waals surface area (Å²) in [5.74, 6) is -0.300. The number of aromatic carboxylic acids is 1. The van der Waals surface area contributed by atoms with Crippen molar-refractivity contribution in [3.63, 3.8) is 0 Å². The van der Waals surface area contributed by atoms with Gasteiger partial charge in [0.05, 0.1) is 11.7 Å². The molecule has 0 aliphatic heterocycles. The van der Waals surface area contributed by atoms with Gasteiger partial charge >= 0.3 is 5.97 Å². The molecule has 0 aliphatic carbocycles. The van der Waals surface area contributed by atoms with Gasteiger partial charge in [0.25, 0.3) is 0 Å². The first-order valence-corrected chi connectivity index (χ1v) is 8.62. The molecular weight excluding hydrogens is 336 g/mol. The predicted molar refractivity (Wildman–Crippen MR) is 103 cm³/mol. The molecule has 0 saturated heterocycles. The van der Waals surface area contributed by atoms with Crippen LogP contribution >= 0.6 is 11.6 Å². The molecule has 2 rings (SSSR count). The molecule has 4 heteroatoms. The standard InChI is InChI=1S/C21H23ClO3/c1-13(2)25-20-15(4)19(21(23)24)14(3)12-17(20)7-5-6-16-8-10-18(22)11-9-16/h5,7-13H,6H2,1-4H3,(H,23,24). The van der Waals surface area contributed by atoms with Crippen molar-refractivity contribution in [2.24, 2.45) is 0 Å². The molecular formula is C21H23ClO3. The van der Waals surface area contributed by atoms with E-state index < -0.39 is 5.97 Å². The maximum atomic E-state index is 11.5. The maximum Gasteiger partial charge on any atom is 0.336 e. The quantitative estimate of drug-likeness (QED) is 0.720. The van der Waals surface area contributed by atoms with Gasteiger partial charge in [-0.05, 0) is 63.4 Å². The van der Waals surface area contributed by atoms with E-state index >= 15 is 0 Å². The minimum absolute atomic E-state index is 0.0357. The second-order valence-corrected chi connectivity index (χ2v) is 6.75. The molecule has 2 aromatic carbocycles. The van der Waals surface area contributed by atoms with Gasteiger partial charge in [0.15, 0.2) is 0 Å². The van der Waals surface area contributed by atoms with E-state index in [1.54, 1.807) is 6.92 Å². The molecule has 2 aromatic rings. The summed E-state index contributed by atoms with van der Waals surface area (Å²) in [4.78, 5) is 11.5. The van der Waals surface area contributed by atoms with E-state index in [1.165, 1.54) is 0 Å². The van der Waals surface area contributed by atoms with Crippen LogP contribution in [0.3, 0.4) is 0 Å². The second kappa shape index (κ2) is 8.21. The van der Waals surface area contributed by atoms with Crippen LogP contribution in [0.5, 0.6) is 5.75 Å². The van der Waals surface area contributed by atoms with E-state index in [4.69, 9.17) is 16.3 Å². The predicted octanol–water partition coefficient (Wildman–Crippen LogP) is 5.70. The number of hydrogen-bond acceptors (Lipinski definition) is 2. The lowest BCUT2D eigenvalue weighted by Gasteiger charge is -2.18. The normalized spacial score (nSPS) is 11.3. The Balaban J connectivity index is 2.36. The largest absolute Gasteiger partial charge is 0.490 e. The molecule has 132 valence electrons. The highest BCUT2D eigenvalue weighted by Crippen LogP contribution is 2.31. The Bertz CT molecular complexity index is 790. The van der Waals surface area contributed by atoms with Crippen molar-refractivity contribution in [2.75, 3.05) is 0 Å². The van der Waals surface area contributed by atoms with Gasteiger partial charge in [-0.3, -0.25) is 0 Å². The summed E-state index contributed by atoms with van der Waals surface area (Å²) in [6.45, 7) is 7.47. The summed E-state index contributed by atoms with van der Waals surface area (Å²) in [5, 5.41) is 10.2. The monoisotopic (exact) mass is 358 g/mol. The highest BCUT2D eigenvalue weighted by atomic mass is 35.5. The number of carboxylic acids is 1. The average molecular weight is 359 g/mol. The zero-order valence-corrected chi connectivity index (χ0v) is 15.7. The smallest absolute Gasteiger partial charge is 0.336 e. The third-order valence-corrected chi connectivity index (χ3v) is 4.13. The Kier molecular flexibility index (Phi) is 6.27. The van der Waals surface area contributed by atoms with Gasteiger partial charge < -0.3 is 9.84 Å². The molecule has 0 saturated carbocycles. The average Bonchev–Trinajstić information content (AvgIpc) is 2.52. The van der Waals surface area contributed by atoms with Gasteiger partial charge in [-0.15, -0.1) is 0 Å². The fourth-order valence-corrected chi connectivity index (χ4v) is 2.91. The number of ether oxygens (including phenoxy) is 1. The lowest BCUT2D eigenvalue weighted by atomic mass is 9.97. The molecule has 0 atom stereocenters. The molecule has 0 bridgehead atoms. The lowest BCUT2D eigenvalue weighted by molar-refractivity contribution is 0.0694. The van der Waals surface area contributed by atoms with Crippen LogP contribution in [0.2, 0.25) is 5.02 Å². The number of benzene rings is 2. The first-order chi connectivity index (χ1) is 11.8. The molecule has 0 aromatic heterocycles. The van der Waals surface area contributed by atoms with Crippen LogP contribution < -0.4 is 4.74 Å². The van der Waals surface area contributed by atoms with Crippen molar-refractivity contribution in [2.45, 2.75) is 40.2 Å². The third kappa shape index (κ3) is 4.86. The van der Waals surface area contributed by atoms with E-state index in [2.05, 4.69) is 0 Å². The minimum Gasteiger partial charge on any atom is -0.490 e. The Hall–Kier alpha value is -2.26. The summed E-state index contributed by atoms with van der Waals surface area (Å²) in [5.41, 5.74) is 3.75. The Morgan fingerprint density at radius 2 is 1.88 bits per heavy atom. The van der Waals surface area contributed by atoms with Gasteiger partial charge in [-0.25, -0.2) is 4.79 Å². The molecule has 0 radical (unpaired) electrons. The van der Waals surface area contributed by atoms with Crippen molar-refractivity contribution < 1.29 is 14.6 Å². The van der Waals surface area contributed by atoms with Crippen LogP contribution in [0.15, 0.2) is 36.4 Å². The highest BCUT2D eigenvalue weighted by molar-refractivity contribution is 6.30. The molecule has 0 spiro atoms. The fraction of sp³-hybridized carbons (Fsp3) is 0.286. The first-order valence-electron chi connectivity index (χ1n) is 8.24. The number of allylic oxidation sites excluding steroid dienone is 1. The Morgan fingerprint density at radius 1 is 1.24 bits per heavy atom. The number of carbonyl (C=O) groups is 1. The van der Waals surface area contributed by atoms with Gasteiger partial charge in [0.1, 0.15) is 5.75 Å². The molecule has 0 aliphatic rings. The summed E-state index contributed by atoms with van der Waals surface area (Å²) in [6, 6.07) is 9.58. The van der Waals surface area contributed by atoms with Crippen LogP contribution in [-0.4, -0.2) is 17.2 Å². The van der Waals surface area contributed by atoms with Crippen LogP contribution in [-0.2, 0) is 6.42 Å². The molecule has 0 fully saturated rings. The number of halogens is 1. The van der Waals surface area contributed by atoms with Crippen LogP contribution in [0.25, 0.3) is 6.08 Å². The first kappa shape index (κ1) is 19.1. The summed E-state index contributed by atoms with van der Waals surface area (Å²) in [7, 11) is 0. The van der Waals surface area contributed by atoms with Crippen LogP contribution in [0.1, 0.15) is 46.5 Å². The Labute approximate surface area is 153 Å². The van der Waals surface area contributed by atoms with E-state index in [0.29, 0.717) is 16.9 Å². The zero-order chi connectivity index (χ0) is 18.6. The SMILES string of the molecule is Cc1cc(C=CCc2ccc(Cl)cc2)c(OC(C)C)c(C)c1C(=O)O. The van der Waals surface area contributed by atoms with Crippen molar-refractivity contribution in [1.29, 1.82) is 0 Å². The van der Waals surface area contributed by atoms with E-state index in [-0.39, 0.29) is 6.10 Å². The molecule has 0 unspecified atom stereocenters. The highest BCUT2D eigenvalue weighted by Gasteiger charge is 2.18. The summed E-state index contributed by atoms with van der Waals surface area (Å²) < 4.78 is 5.91. The van der Waals surface area contributed by atoms with Gasteiger partial charge in [-0.1, -0.05) is 35.9 Å². The second-order valence-electron chi connectivity index (χ2n) is 6.32. The number of aryl methyl sites for hydroxylation is 1. The molecule has 0 heterocycles. The maximum absolute atomic E-state index is 11.5. The number of rotatable bonds is 6. The molecule has 1 N–H and O–H groups in total. The Morgan fingerprint density at radius 3 is 2.44 bits per heavy atom. The van der Waals surface area contributed by atoms with Gasteiger partial charge in [0, 0.05) is 16.1 Å². The number of hydrogen-bond donors (Lipinski definition) is 1. The summed E-state index contributed by atoms with van der Waals surface area (Å²) >= 11 is 5.90. The van der Waals surface area contributed by atoms with Crippen molar-refractivity contribution >= 4 is 23.6 Å². The topological polar surface area (TPSA) is 46.5 Å². The van der Waals surface area contributed by atoms with Gasteiger partial charge in [-0.2, -0.15) is 0 Å². The van der Waals surface area contributed by atoms with E-state index in [0.717, 1.165) is 28.1 Å². The van der Waals surface area contributed by atoms with Crippen molar-refractivity contribution in [3.05, 3.63) is 69.2 Å². The molecule has 3 nitrogen and oxygen atoms in total. The minimum atomic E-state index is -0.930. The lowest BCUT2D eigenvalue weighted by Crippen LogP contribution is -2.12. The van der Waals surface area contributed by atoms with Crippen molar-refractivity contribution in [3.8, 4) is 5.75 Å². The van der Waals surface area contributed by atoms with Crippen LogP contribution in [0.4, 0.5) is 0 Å².